The number of nitrogens with two attached hydrogens (primary N) is 1. The number of hydrogen-bond acceptors (Lipinski definition) is 4. The average molecular weight is 319 g/mol. The van der Waals surface area contributed by atoms with Gasteiger partial charge in [-0.25, -0.2) is 4.79 Å². The summed E-state index contributed by atoms with van der Waals surface area (Å²) in [5.41, 5.74) is 7.34. The molecule has 2 rings (SSSR count). The van der Waals surface area contributed by atoms with Crippen molar-refractivity contribution in [2.75, 3.05) is 31.9 Å². The predicted molar refractivity (Wildman–Crippen MR) is 89.3 cm³/mol. The fourth-order valence-electron chi connectivity index (χ4n) is 2.56. The number of benzene rings is 1. The van der Waals surface area contributed by atoms with Gasteiger partial charge in [0.15, 0.2) is 0 Å². The minimum Gasteiger partial charge on any atom is -0.444 e. The van der Waals surface area contributed by atoms with E-state index in [1.807, 2.05) is 39.8 Å². The van der Waals surface area contributed by atoms with E-state index >= 15 is 0 Å². The molecule has 0 spiro atoms. The molecule has 6 heteroatoms. The van der Waals surface area contributed by atoms with E-state index in [9.17, 15) is 9.59 Å². The molecule has 126 valence electrons. The normalized spacial score (nSPS) is 15.5. The molecule has 0 saturated carbocycles. The molecule has 1 fully saturated rings. The average Bonchev–Trinajstić information content (AvgIpc) is 2.45. The van der Waals surface area contributed by atoms with Crippen LogP contribution in [0.3, 0.4) is 0 Å². The van der Waals surface area contributed by atoms with Gasteiger partial charge in [0, 0.05) is 31.9 Å². The second-order valence-corrected chi connectivity index (χ2v) is 6.80. The molecule has 0 unspecified atom stereocenters. The number of aryl methyl sites for hydroxylation is 1. The van der Waals surface area contributed by atoms with Crippen molar-refractivity contribution >= 4 is 17.7 Å². The third kappa shape index (κ3) is 4.15. The highest BCUT2D eigenvalue weighted by atomic mass is 16.6. The number of piperazine rings is 1. The highest BCUT2D eigenvalue weighted by molar-refractivity contribution is 6.00. The van der Waals surface area contributed by atoms with Crippen molar-refractivity contribution in [3.05, 3.63) is 29.3 Å². The number of carbonyl (C=O) groups is 2. The Hall–Kier alpha value is -2.24. The summed E-state index contributed by atoms with van der Waals surface area (Å²) in [5.74, 6) is -0.0792. The van der Waals surface area contributed by atoms with Gasteiger partial charge in [-0.3, -0.25) is 4.79 Å². The standard InChI is InChI=1S/C17H25N3O3/c1-12-6-5-7-13(18)14(12)15(21)19-8-10-20(11-9-19)16(22)23-17(2,3)4/h5-7H,8-11,18H2,1-4H3. The summed E-state index contributed by atoms with van der Waals surface area (Å²) in [6.07, 6.45) is -0.333. The number of carbonyl (C=O) groups excluding carboxylic acids is 2. The smallest absolute Gasteiger partial charge is 0.410 e. The lowest BCUT2D eigenvalue weighted by Gasteiger charge is -2.36. The number of amides is 2. The largest absolute Gasteiger partial charge is 0.444 e. The molecule has 1 aromatic carbocycles. The van der Waals surface area contributed by atoms with Gasteiger partial charge in [-0.1, -0.05) is 12.1 Å². The molecular formula is C17H25N3O3. The first-order valence-corrected chi connectivity index (χ1v) is 7.81. The minimum atomic E-state index is -0.514. The van der Waals surface area contributed by atoms with Gasteiger partial charge in [0.1, 0.15) is 5.60 Å². The molecule has 6 nitrogen and oxygen atoms in total. The predicted octanol–water partition coefficient (Wildman–Crippen LogP) is 2.27. The molecule has 0 atom stereocenters. The fraction of sp³-hybridized carbons (Fsp3) is 0.529. The Balaban J connectivity index is 1.99. The van der Waals surface area contributed by atoms with Crippen LogP contribution in [0.5, 0.6) is 0 Å². The lowest BCUT2D eigenvalue weighted by atomic mass is 10.1. The lowest BCUT2D eigenvalue weighted by molar-refractivity contribution is 0.0141. The highest BCUT2D eigenvalue weighted by Gasteiger charge is 2.29. The summed E-state index contributed by atoms with van der Waals surface area (Å²) < 4.78 is 5.36. The third-order valence-corrected chi connectivity index (χ3v) is 3.74. The SMILES string of the molecule is Cc1cccc(N)c1C(=O)N1CCN(C(=O)OC(C)(C)C)CC1. The van der Waals surface area contributed by atoms with E-state index in [1.165, 1.54) is 0 Å². The van der Waals surface area contributed by atoms with Crippen molar-refractivity contribution in [2.24, 2.45) is 0 Å². The molecule has 0 radical (unpaired) electrons. The zero-order valence-corrected chi connectivity index (χ0v) is 14.3. The monoisotopic (exact) mass is 319 g/mol. The van der Waals surface area contributed by atoms with E-state index in [4.69, 9.17) is 10.5 Å². The maximum absolute atomic E-state index is 12.7. The summed E-state index contributed by atoms with van der Waals surface area (Å²) in [5, 5.41) is 0. The molecule has 1 heterocycles. The van der Waals surface area contributed by atoms with E-state index in [2.05, 4.69) is 0 Å². The van der Waals surface area contributed by atoms with Gasteiger partial charge < -0.3 is 20.3 Å². The fourth-order valence-corrected chi connectivity index (χ4v) is 2.56. The van der Waals surface area contributed by atoms with Crippen molar-refractivity contribution in [3.63, 3.8) is 0 Å². The zero-order valence-electron chi connectivity index (χ0n) is 14.3. The van der Waals surface area contributed by atoms with Crippen molar-refractivity contribution in [2.45, 2.75) is 33.3 Å². The molecule has 2 amide bonds. The second kappa shape index (κ2) is 6.48. The van der Waals surface area contributed by atoms with Gasteiger partial charge in [0.25, 0.3) is 5.91 Å². The number of anilines is 1. The summed E-state index contributed by atoms with van der Waals surface area (Å²) >= 11 is 0. The van der Waals surface area contributed by atoms with E-state index in [1.54, 1.807) is 15.9 Å². The van der Waals surface area contributed by atoms with Crippen LogP contribution in [0.15, 0.2) is 18.2 Å². The topological polar surface area (TPSA) is 75.9 Å². The molecule has 1 aliphatic rings. The van der Waals surface area contributed by atoms with E-state index in [-0.39, 0.29) is 12.0 Å². The first-order valence-electron chi connectivity index (χ1n) is 7.81. The van der Waals surface area contributed by atoms with Crippen LogP contribution in [-0.4, -0.2) is 53.6 Å². The van der Waals surface area contributed by atoms with Crippen molar-refractivity contribution in [3.8, 4) is 0 Å². The Labute approximate surface area is 137 Å². The quantitative estimate of drug-likeness (QED) is 0.806. The van der Waals surface area contributed by atoms with Crippen LogP contribution in [0.4, 0.5) is 10.5 Å². The van der Waals surface area contributed by atoms with Gasteiger partial charge >= 0.3 is 6.09 Å². The van der Waals surface area contributed by atoms with Gasteiger partial charge in [0.2, 0.25) is 0 Å². The van der Waals surface area contributed by atoms with Crippen LogP contribution in [0.1, 0.15) is 36.7 Å². The lowest BCUT2D eigenvalue weighted by Crippen LogP contribution is -2.51. The van der Waals surface area contributed by atoms with Crippen LogP contribution < -0.4 is 5.73 Å². The highest BCUT2D eigenvalue weighted by Crippen LogP contribution is 2.20. The molecular weight excluding hydrogens is 294 g/mol. The molecule has 1 aromatic rings. The number of nitrogen functional groups attached to an aromatic ring is 1. The van der Waals surface area contributed by atoms with E-state index < -0.39 is 5.60 Å². The van der Waals surface area contributed by atoms with Gasteiger partial charge in [-0.15, -0.1) is 0 Å². The molecule has 2 N–H and O–H groups in total. The summed E-state index contributed by atoms with van der Waals surface area (Å²) in [4.78, 5) is 28.1. The van der Waals surface area contributed by atoms with E-state index in [0.29, 0.717) is 37.4 Å². The molecule has 0 bridgehead atoms. The number of hydrogen-bond donors (Lipinski definition) is 1. The first-order chi connectivity index (χ1) is 10.7. The molecule has 1 saturated heterocycles. The van der Waals surface area contributed by atoms with Crippen LogP contribution in [0.2, 0.25) is 0 Å². The minimum absolute atomic E-state index is 0.0792. The van der Waals surface area contributed by atoms with Crippen LogP contribution in [-0.2, 0) is 4.74 Å². The zero-order chi connectivity index (χ0) is 17.2. The Morgan fingerprint density at radius 3 is 2.17 bits per heavy atom. The number of nitrogens with zero attached hydrogens (tertiary/aromatic N) is 2. The summed E-state index contributed by atoms with van der Waals surface area (Å²) in [6.45, 7) is 9.28. The molecule has 23 heavy (non-hydrogen) atoms. The Morgan fingerprint density at radius 2 is 1.65 bits per heavy atom. The van der Waals surface area contributed by atoms with Crippen molar-refractivity contribution < 1.29 is 14.3 Å². The maximum atomic E-state index is 12.7. The van der Waals surface area contributed by atoms with Gasteiger partial charge in [-0.05, 0) is 39.3 Å². The Bertz CT molecular complexity index is 579. The Morgan fingerprint density at radius 1 is 1.09 bits per heavy atom. The maximum Gasteiger partial charge on any atom is 0.410 e. The van der Waals surface area contributed by atoms with Crippen molar-refractivity contribution in [1.29, 1.82) is 0 Å². The van der Waals surface area contributed by atoms with Crippen LogP contribution >= 0.6 is 0 Å². The van der Waals surface area contributed by atoms with Gasteiger partial charge in [0.05, 0.1) is 5.56 Å². The summed E-state index contributed by atoms with van der Waals surface area (Å²) in [6, 6.07) is 5.44. The first kappa shape index (κ1) is 17.1. The van der Waals surface area contributed by atoms with Crippen molar-refractivity contribution in [1.82, 2.24) is 9.80 Å². The number of ether oxygens (including phenoxy) is 1. The Kier molecular flexibility index (Phi) is 4.82. The second-order valence-electron chi connectivity index (χ2n) is 6.80. The van der Waals surface area contributed by atoms with Crippen LogP contribution in [0, 0.1) is 6.92 Å². The third-order valence-electron chi connectivity index (χ3n) is 3.74. The molecule has 0 aromatic heterocycles. The van der Waals surface area contributed by atoms with Gasteiger partial charge in [-0.2, -0.15) is 0 Å². The number of rotatable bonds is 1. The van der Waals surface area contributed by atoms with Crippen LogP contribution in [0.25, 0.3) is 0 Å². The molecule has 1 aliphatic heterocycles. The molecule has 0 aliphatic carbocycles. The summed E-state index contributed by atoms with van der Waals surface area (Å²) in [7, 11) is 0. The van der Waals surface area contributed by atoms with E-state index in [0.717, 1.165) is 5.56 Å².